The van der Waals surface area contributed by atoms with Gasteiger partial charge in [-0.05, 0) is 21.0 Å². The third-order valence-corrected chi connectivity index (χ3v) is 3.07. The molecule has 0 saturated carbocycles. The molecule has 82 valence electrons. The molecule has 1 aliphatic heterocycles. The highest BCUT2D eigenvalue weighted by molar-refractivity contribution is 4.89. The number of piperazine rings is 1. The smallest absolute Gasteiger partial charge is 0.0351 e. The second-order valence-electron chi connectivity index (χ2n) is 4.24. The summed E-state index contributed by atoms with van der Waals surface area (Å²) < 4.78 is 0. The summed E-state index contributed by atoms with van der Waals surface area (Å²) in [4.78, 5) is 4.94. The van der Waals surface area contributed by atoms with Gasteiger partial charge in [-0.2, -0.15) is 0 Å². The molecule has 0 aliphatic carbocycles. The maximum absolute atomic E-state index is 3.82. The standard InChI is InChI=1S/C11H23N3/c1-5-6-14-8-10(2)13(4)9-11(14)7-12-3/h5,10-12H,1,6-9H2,2-4H3. The first-order chi connectivity index (χ1) is 6.69. The van der Waals surface area contributed by atoms with Crippen molar-refractivity contribution in [3.8, 4) is 0 Å². The fourth-order valence-electron chi connectivity index (χ4n) is 2.07. The van der Waals surface area contributed by atoms with Crippen molar-refractivity contribution in [3.63, 3.8) is 0 Å². The summed E-state index contributed by atoms with van der Waals surface area (Å²) in [7, 11) is 4.22. The second-order valence-corrected chi connectivity index (χ2v) is 4.24. The molecule has 3 nitrogen and oxygen atoms in total. The lowest BCUT2D eigenvalue weighted by Gasteiger charge is -2.43. The maximum Gasteiger partial charge on any atom is 0.0351 e. The van der Waals surface area contributed by atoms with E-state index < -0.39 is 0 Å². The Hall–Kier alpha value is -0.380. The van der Waals surface area contributed by atoms with Gasteiger partial charge in [-0.1, -0.05) is 6.08 Å². The number of hydrogen-bond donors (Lipinski definition) is 1. The Bertz CT molecular complexity index is 181. The Balaban J connectivity index is 2.54. The van der Waals surface area contributed by atoms with Crippen molar-refractivity contribution in [1.29, 1.82) is 0 Å². The van der Waals surface area contributed by atoms with Crippen LogP contribution in [0.2, 0.25) is 0 Å². The number of rotatable bonds is 4. The predicted molar refractivity (Wildman–Crippen MR) is 61.6 cm³/mol. The number of nitrogens with zero attached hydrogens (tertiary/aromatic N) is 2. The van der Waals surface area contributed by atoms with Crippen LogP contribution in [-0.4, -0.2) is 62.2 Å². The summed E-state index contributed by atoms with van der Waals surface area (Å²) in [6, 6.07) is 1.28. The Morgan fingerprint density at radius 1 is 1.50 bits per heavy atom. The van der Waals surface area contributed by atoms with Gasteiger partial charge in [-0.25, -0.2) is 0 Å². The number of likely N-dealkylation sites (N-methyl/N-ethyl adjacent to an activating group) is 2. The van der Waals surface area contributed by atoms with E-state index in [2.05, 4.69) is 35.7 Å². The molecule has 1 saturated heterocycles. The zero-order valence-electron chi connectivity index (χ0n) is 9.66. The summed E-state index contributed by atoms with van der Waals surface area (Å²) in [5.74, 6) is 0. The highest BCUT2D eigenvalue weighted by atomic mass is 15.3. The van der Waals surface area contributed by atoms with Crippen LogP contribution in [0.4, 0.5) is 0 Å². The molecule has 1 aliphatic rings. The van der Waals surface area contributed by atoms with Crippen molar-refractivity contribution in [2.75, 3.05) is 40.3 Å². The van der Waals surface area contributed by atoms with Gasteiger partial charge < -0.3 is 10.2 Å². The van der Waals surface area contributed by atoms with Crippen LogP contribution < -0.4 is 5.32 Å². The highest BCUT2D eigenvalue weighted by Crippen LogP contribution is 2.12. The van der Waals surface area contributed by atoms with E-state index in [-0.39, 0.29) is 0 Å². The van der Waals surface area contributed by atoms with E-state index in [1.165, 1.54) is 0 Å². The van der Waals surface area contributed by atoms with Crippen LogP contribution >= 0.6 is 0 Å². The highest BCUT2D eigenvalue weighted by Gasteiger charge is 2.27. The fourth-order valence-corrected chi connectivity index (χ4v) is 2.07. The molecule has 0 aromatic carbocycles. The molecule has 1 rings (SSSR count). The summed E-state index contributed by atoms with van der Waals surface area (Å²) in [6.07, 6.45) is 2.00. The van der Waals surface area contributed by atoms with Crippen LogP contribution in [0.5, 0.6) is 0 Å². The molecule has 0 aromatic rings. The molecule has 2 atom stereocenters. The minimum absolute atomic E-state index is 0.624. The molecule has 0 aromatic heterocycles. The predicted octanol–water partition coefficient (Wildman–Crippen LogP) is 0.396. The molecule has 1 N–H and O–H groups in total. The summed E-state index contributed by atoms with van der Waals surface area (Å²) >= 11 is 0. The maximum atomic E-state index is 3.82. The van der Waals surface area contributed by atoms with Crippen molar-refractivity contribution in [2.24, 2.45) is 0 Å². The van der Waals surface area contributed by atoms with Crippen molar-refractivity contribution in [2.45, 2.75) is 19.0 Å². The van der Waals surface area contributed by atoms with E-state index in [9.17, 15) is 0 Å². The van der Waals surface area contributed by atoms with Crippen molar-refractivity contribution >= 4 is 0 Å². The van der Waals surface area contributed by atoms with Crippen LogP contribution in [0.15, 0.2) is 12.7 Å². The van der Waals surface area contributed by atoms with Crippen molar-refractivity contribution in [3.05, 3.63) is 12.7 Å². The minimum Gasteiger partial charge on any atom is -0.318 e. The zero-order valence-corrected chi connectivity index (χ0v) is 9.66. The van der Waals surface area contributed by atoms with Crippen molar-refractivity contribution in [1.82, 2.24) is 15.1 Å². The normalized spacial score (nSPS) is 30.5. The van der Waals surface area contributed by atoms with Gasteiger partial charge in [0.15, 0.2) is 0 Å². The number of hydrogen-bond acceptors (Lipinski definition) is 3. The molecule has 2 unspecified atom stereocenters. The molecule has 0 spiro atoms. The third kappa shape index (κ3) is 2.80. The zero-order chi connectivity index (χ0) is 10.6. The Morgan fingerprint density at radius 3 is 2.79 bits per heavy atom. The van der Waals surface area contributed by atoms with E-state index in [0.29, 0.717) is 12.1 Å². The molecule has 0 radical (unpaired) electrons. The molecule has 1 fully saturated rings. The van der Waals surface area contributed by atoms with E-state index in [1.54, 1.807) is 0 Å². The lowest BCUT2D eigenvalue weighted by atomic mass is 10.1. The Labute approximate surface area is 87.8 Å². The van der Waals surface area contributed by atoms with Crippen LogP contribution in [0.3, 0.4) is 0 Å². The monoisotopic (exact) mass is 197 g/mol. The first-order valence-electron chi connectivity index (χ1n) is 5.38. The van der Waals surface area contributed by atoms with Crippen LogP contribution in [-0.2, 0) is 0 Å². The Kier molecular flexibility index (Phi) is 4.58. The fraction of sp³-hybridized carbons (Fsp3) is 0.818. The summed E-state index contributed by atoms with van der Waals surface area (Å²) in [6.45, 7) is 10.5. The SMILES string of the molecule is C=CCN1CC(C)N(C)CC1CNC. The lowest BCUT2D eigenvalue weighted by Crippen LogP contribution is -2.58. The number of nitrogens with one attached hydrogen (secondary N) is 1. The van der Waals surface area contributed by atoms with E-state index >= 15 is 0 Å². The quantitative estimate of drug-likeness (QED) is 0.658. The van der Waals surface area contributed by atoms with Crippen LogP contribution in [0.1, 0.15) is 6.92 Å². The first kappa shape index (κ1) is 11.7. The minimum atomic E-state index is 0.624. The molecule has 0 bridgehead atoms. The topological polar surface area (TPSA) is 18.5 Å². The first-order valence-corrected chi connectivity index (χ1v) is 5.38. The molecule has 3 heteroatoms. The summed E-state index contributed by atoms with van der Waals surface area (Å²) in [5.41, 5.74) is 0. The van der Waals surface area contributed by atoms with E-state index in [0.717, 1.165) is 26.2 Å². The molecular weight excluding hydrogens is 174 g/mol. The van der Waals surface area contributed by atoms with Gasteiger partial charge in [0, 0.05) is 38.3 Å². The summed E-state index contributed by atoms with van der Waals surface area (Å²) in [5, 5.41) is 3.26. The third-order valence-electron chi connectivity index (χ3n) is 3.07. The van der Waals surface area contributed by atoms with Gasteiger partial charge >= 0.3 is 0 Å². The van der Waals surface area contributed by atoms with Gasteiger partial charge in [0.25, 0.3) is 0 Å². The molecular formula is C11H23N3. The van der Waals surface area contributed by atoms with Gasteiger partial charge in [0.2, 0.25) is 0 Å². The van der Waals surface area contributed by atoms with Crippen molar-refractivity contribution < 1.29 is 0 Å². The van der Waals surface area contributed by atoms with Gasteiger partial charge in [-0.3, -0.25) is 4.90 Å². The van der Waals surface area contributed by atoms with Crippen LogP contribution in [0.25, 0.3) is 0 Å². The largest absolute Gasteiger partial charge is 0.318 e. The average molecular weight is 197 g/mol. The Morgan fingerprint density at radius 2 is 2.21 bits per heavy atom. The molecule has 0 amide bonds. The van der Waals surface area contributed by atoms with E-state index in [1.807, 2.05) is 13.1 Å². The van der Waals surface area contributed by atoms with Gasteiger partial charge in [0.1, 0.15) is 0 Å². The van der Waals surface area contributed by atoms with Gasteiger partial charge in [-0.15, -0.1) is 6.58 Å². The molecule has 1 heterocycles. The van der Waals surface area contributed by atoms with E-state index in [4.69, 9.17) is 0 Å². The molecule has 14 heavy (non-hydrogen) atoms. The van der Waals surface area contributed by atoms with Gasteiger partial charge in [0.05, 0.1) is 0 Å². The average Bonchev–Trinajstić information content (AvgIpc) is 2.14. The second kappa shape index (κ2) is 5.49. The lowest BCUT2D eigenvalue weighted by molar-refractivity contribution is 0.0612. The van der Waals surface area contributed by atoms with Crippen LogP contribution in [0, 0.1) is 0 Å².